The van der Waals surface area contributed by atoms with E-state index in [2.05, 4.69) is 0 Å². The summed E-state index contributed by atoms with van der Waals surface area (Å²) in [6.45, 7) is 3.02. The van der Waals surface area contributed by atoms with Gasteiger partial charge in [-0.15, -0.1) is 0 Å². The molecule has 0 unspecified atom stereocenters. The monoisotopic (exact) mass is 407 g/mol. The number of hydrogen-bond donors (Lipinski definition) is 2. The molecule has 0 radical (unpaired) electrons. The van der Waals surface area contributed by atoms with Crippen LogP contribution in [0.15, 0.2) is 18.2 Å². The lowest BCUT2D eigenvalue weighted by Gasteiger charge is -2.27. The molecule has 0 spiro atoms. The maximum atomic E-state index is 13.1. The predicted octanol–water partition coefficient (Wildman–Crippen LogP) is -0.763. The first kappa shape index (κ1) is 21.1. The number of ether oxygens (including phenoxy) is 3. The minimum Gasteiger partial charge on any atom is -0.497 e. The number of hydrogen-bond acceptors (Lipinski definition) is 7. The number of fused-ring (bicyclic) bond motifs is 1. The largest absolute Gasteiger partial charge is 0.497 e. The molecule has 2 fully saturated rings. The van der Waals surface area contributed by atoms with Crippen molar-refractivity contribution < 1.29 is 39.0 Å². The van der Waals surface area contributed by atoms with Crippen LogP contribution in [0.25, 0.3) is 0 Å². The van der Waals surface area contributed by atoms with Gasteiger partial charge in [-0.3, -0.25) is 14.5 Å². The van der Waals surface area contributed by atoms with E-state index in [1.165, 1.54) is 14.2 Å². The molecule has 1 aromatic rings. The van der Waals surface area contributed by atoms with E-state index >= 15 is 0 Å². The zero-order chi connectivity index (χ0) is 21.3. The number of carbonyl (C=O) groups is 3. The van der Waals surface area contributed by atoms with Crippen LogP contribution in [0.2, 0.25) is 0 Å². The molecule has 9 nitrogen and oxygen atoms in total. The number of methoxy groups -OCH3 is 2. The van der Waals surface area contributed by atoms with Gasteiger partial charge in [-0.2, -0.15) is 0 Å². The molecule has 29 heavy (non-hydrogen) atoms. The number of nitrogens with zero attached hydrogens (tertiary/aromatic N) is 1. The lowest BCUT2D eigenvalue weighted by atomic mass is 9.79. The molecule has 3 N–H and O–H groups in total. The Morgan fingerprint density at radius 3 is 2.48 bits per heavy atom. The Balaban J connectivity index is 2.16. The van der Waals surface area contributed by atoms with Gasteiger partial charge >= 0.3 is 5.97 Å². The summed E-state index contributed by atoms with van der Waals surface area (Å²) in [6, 6.07) is 4.55. The number of aliphatic hydroxyl groups is 1. The standard InChI is InChI=1S/C20H26N2O7/c1-5-22-17(24)14-15(18(22)25)20(10-23,19(26)29-6-2)21-16(14)12-8-7-11(27-3)9-13(12)28-4/h7-9,14-16,21,23H,5-6,10H2,1-4H3/p+1/t14-,15+,16+,20-/m1/s1. The van der Waals surface area contributed by atoms with E-state index < -0.39 is 41.9 Å². The van der Waals surface area contributed by atoms with Crippen molar-refractivity contribution in [1.82, 2.24) is 4.90 Å². The number of benzene rings is 1. The van der Waals surface area contributed by atoms with Crippen LogP contribution in [-0.4, -0.2) is 67.3 Å². The third kappa shape index (κ3) is 3.05. The predicted molar refractivity (Wildman–Crippen MR) is 100 cm³/mol. The summed E-state index contributed by atoms with van der Waals surface area (Å²) in [4.78, 5) is 40.2. The Morgan fingerprint density at radius 1 is 1.21 bits per heavy atom. The van der Waals surface area contributed by atoms with Crippen LogP contribution >= 0.6 is 0 Å². The quantitative estimate of drug-likeness (QED) is 0.450. The van der Waals surface area contributed by atoms with Gasteiger partial charge in [-0.1, -0.05) is 0 Å². The average Bonchev–Trinajstić information content (AvgIpc) is 3.21. The summed E-state index contributed by atoms with van der Waals surface area (Å²) >= 11 is 0. The van der Waals surface area contributed by atoms with Crippen molar-refractivity contribution in [3.8, 4) is 11.5 Å². The fraction of sp³-hybridized carbons (Fsp3) is 0.550. The Morgan fingerprint density at radius 2 is 1.93 bits per heavy atom. The summed E-state index contributed by atoms with van der Waals surface area (Å²) in [5, 5.41) is 11.8. The van der Waals surface area contributed by atoms with E-state index in [1.807, 2.05) is 0 Å². The van der Waals surface area contributed by atoms with Gasteiger partial charge in [0, 0.05) is 12.6 Å². The highest BCUT2D eigenvalue weighted by atomic mass is 16.5. The van der Waals surface area contributed by atoms with Crippen LogP contribution in [0.3, 0.4) is 0 Å². The summed E-state index contributed by atoms with van der Waals surface area (Å²) < 4.78 is 15.9. The van der Waals surface area contributed by atoms with E-state index in [1.54, 1.807) is 37.4 Å². The van der Waals surface area contributed by atoms with Crippen LogP contribution in [0.4, 0.5) is 0 Å². The maximum Gasteiger partial charge on any atom is 0.371 e. The van der Waals surface area contributed by atoms with E-state index in [0.29, 0.717) is 17.1 Å². The fourth-order valence-electron chi connectivity index (χ4n) is 4.55. The Kier molecular flexibility index (Phi) is 5.81. The first-order chi connectivity index (χ1) is 13.9. The second-order valence-corrected chi connectivity index (χ2v) is 7.14. The molecule has 2 aliphatic heterocycles. The van der Waals surface area contributed by atoms with Gasteiger partial charge in [0.05, 0.1) is 26.4 Å². The van der Waals surface area contributed by atoms with Crippen molar-refractivity contribution in [1.29, 1.82) is 0 Å². The lowest BCUT2D eigenvalue weighted by molar-refractivity contribution is -0.735. The average molecular weight is 407 g/mol. The zero-order valence-electron chi connectivity index (χ0n) is 17.0. The van der Waals surface area contributed by atoms with Gasteiger partial charge in [0.25, 0.3) is 0 Å². The summed E-state index contributed by atoms with van der Waals surface area (Å²) in [5.74, 6) is -2.32. The third-order valence-electron chi connectivity index (χ3n) is 5.89. The first-order valence-electron chi connectivity index (χ1n) is 9.61. The van der Waals surface area contributed by atoms with Crippen molar-refractivity contribution in [2.45, 2.75) is 25.4 Å². The van der Waals surface area contributed by atoms with Gasteiger partial charge in [0.2, 0.25) is 17.4 Å². The summed E-state index contributed by atoms with van der Waals surface area (Å²) in [6.07, 6.45) is 0. The van der Waals surface area contributed by atoms with E-state index in [4.69, 9.17) is 14.2 Å². The molecule has 2 heterocycles. The number of rotatable bonds is 7. The second kappa shape index (κ2) is 8.00. The highest BCUT2D eigenvalue weighted by Crippen LogP contribution is 2.46. The number of quaternary nitrogens is 1. The highest BCUT2D eigenvalue weighted by Gasteiger charge is 2.72. The molecule has 0 saturated carbocycles. The van der Waals surface area contributed by atoms with Crippen LogP contribution < -0.4 is 14.8 Å². The van der Waals surface area contributed by atoms with E-state index in [9.17, 15) is 19.5 Å². The Bertz CT molecular complexity index is 827. The summed E-state index contributed by atoms with van der Waals surface area (Å²) in [5.41, 5.74) is -0.950. The van der Waals surface area contributed by atoms with E-state index in [0.717, 1.165) is 4.90 Å². The molecule has 2 saturated heterocycles. The van der Waals surface area contributed by atoms with Gasteiger partial charge in [0.15, 0.2) is 0 Å². The van der Waals surface area contributed by atoms with Gasteiger partial charge in [-0.05, 0) is 26.0 Å². The number of amides is 2. The SMILES string of the molecule is CCOC(=O)[C@]1(CO)[NH2+][C@@H](c2ccc(OC)cc2OC)[C@@H]2C(=O)N(CC)C(=O)[C@H]21. The van der Waals surface area contributed by atoms with Crippen molar-refractivity contribution in [3.63, 3.8) is 0 Å². The first-order valence-corrected chi connectivity index (χ1v) is 9.61. The molecular weight excluding hydrogens is 380 g/mol. The van der Waals surface area contributed by atoms with Gasteiger partial charge < -0.3 is 24.6 Å². The Labute approximate surface area is 168 Å². The minimum absolute atomic E-state index is 0.0992. The molecule has 0 aliphatic carbocycles. The molecule has 1 aromatic carbocycles. The number of carbonyl (C=O) groups excluding carboxylic acids is 3. The number of nitrogens with two attached hydrogens (primary N) is 1. The van der Waals surface area contributed by atoms with Crippen LogP contribution in [-0.2, 0) is 19.1 Å². The molecule has 3 rings (SSSR count). The fourth-order valence-corrected chi connectivity index (χ4v) is 4.55. The number of aliphatic hydroxyl groups excluding tert-OH is 1. The van der Waals surface area contributed by atoms with Crippen molar-refractivity contribution in [3.05, 3.63) is 23.8 Å². The van der Waals surface area contributed by atoms with Crippen LogP contribution in [0.1, 0.15) is 25.5 Å². The molecule has 0 aromatic heterocycles. The smallest absolute Gasteiger partial charge is 0.371 e. The molecule has 2 amide bonds. The molecular formula is C20H27N2O7+. The van der Waals surface area contributed by atoms with Gasteiger partial charge in [0.1, 0.15) is 36.0 Å². The van der Waals surface area contributed by atoms with E-state index in [-0.39, 0.29) is 19.1 Å². The topological polar surface area (TPSA) is 119 Å². The molecule has 4 atom stereocenters. The maximum absolute atomic E-state index is 13.1. The molecule has 158 valence electrons. The lowest BCUT2D eigenvalue weighted by Crippen LogP contribution is -2.99. The molecule has 2 aliphatic rings. The second-order valence-electron chi connectivity index (χ2n) is 7.14. The van der Waals surface area contributed by atoms with Gasteiger partial charge in [-0.25, -0.2) is 4.79 Å². The number of imide groups is 1. The normalized spacial score (nSPS) is 28.4. The van der Waals surface area contributed by atoms with Crippen molar-refractivity contribution in [2.24, 2.45) is 11.8 Å². The van der Waals surface area contributed by atoms with Crippen molar-refractivity contribution >= 4 is 17.8 Å². The van der Waals surface area contributed by atoms with Crippen LogP contribution in [0.5, 0.6) is 11.5 Å². The molecule has 0 bridgehead atoms. The Hall–Kier alpha value is -2.65. The number of likely N-dealkylation sites (tertiary alicyclic amines) is 1. The molecule has 9 heteroatoms. The highest BCUT2D eigenvalue weighted by molar-refractivity contribution is 6.08. The van der Waals surface area contributed by atoms with Crippen LogP contribution in [0, 0.1) is 11.8 Å². The number of esters is 1. The summed E-state index contributed by atoms with van der Waals surface area (Å²) in [7, 11) is 3.03. The third-order valence-corrected chi connectivity index (χ3v) is 5.89. The minimum atomic E-state index is -1.59. The van der Waals surface area contributed by atoms with Crippen molar-refractivity contribution in [2.75, 3.05) is 34.0 Å². The zero-order valence-corrected chi connectivity index (χ0v) is 17.0.